The molecule has 0 N–H and O–H groups in total. The van der Waals surface area contributed by atoms with Crippen LogP contribution in [0.4, 0.5) is 8.78 Å². The summed E-state index contributed by atoms with van der Waals surface area (Å²) >= 11 is 0. The molecule has 0 saturated carbocycles. The topological polar surface area (TPSA) is 9.23 Å². The van der Waals surface area contributed by atoms with Crippen LogP contribution in [0.5, 0.6) is 0 Å². The molecule has 3 heteroatoms. The standard InChI is InChI=1S/C8H7F2O/c1-11-5-6-2-7(9)4-8(10)3-6/h2-3H,5H2,1H3. The lowest BCUT2D eigenvalue weighted by atomic mass is 10.2. The molecule has 0 fully saturated rings. The van der Waals surface area contributed by atoms with Crippen molar-refractivity contribution in [1.82, 2.24) is 0 Å². The van der Waals surface area contributed by atoms with E-state index in [-0.39, 0.29) is 6.61 Å². The molecule has 1 rings (SSSR count). The van der Waals surface area contributed by atoms with Crippen molar-refractivity contribution in [1.29, 1.82) is 0 Å². The Kier molecular flexibility index (Phi) is 2.54. The summed E-state index contributed by atoms with van der Waals surface area (Å²) < 4.78 is 29.5. The maximum atomic E-state index is 12.4. The molecule has 0 aliphatic carbocycles. The van der Waals surface area contributed by atoms with Gasteiger partial charge in [-0.3, -0.25) is 0 Å². The van der Waals surface area contributed by atoms with Crippen LogP contribution in [0.1, 0.15) is 5.56 Å². The van der Waals surface area contributed by atoms with Gasteiger partial charge in [0.05, 0.1) is 12.7 Å². The van der Waals surface area contributed by atoms with E-state index in [0.29, 0.717) is 5.56 Å². The van der Waals surface area contributed by atoms with Gasteiger partial charge in [-0.05, 0) is 17.7 Å². The van der Waals surface area contributed by atoms with Crippen LogP contribution in [-0.2, 0) is 11.3 Å². The summed E-state index contributed by atoms with van der Waals surface area (Å²) in [5.74, 6) is -1.39. The number of rotatable bonds is 2. The number of benzene rings is 1. The van der Waals surface area contributed by atoms with Gasteiger partial charge in [-0.15, -0.1) is 0 Å². The van der Waals surface area contributed by atoms with Crippen LogP contribution in [0.15, 0.2) is 12.1 Å². The van der Waals surface area contributed by atoms with Gasteiger partial charge >= 0.3 is 0 Å². The normalized spacial score (nSPS) is 10.1. The van der Waals surface area contributed by atoms with Gasteiger partial charge in [0.1, 0.15) is 11.6 Å². The van der Waals surface area contributed by atoms with E-state index < -0.39 is 11.6 Å². The smallest absolute Gasteiger partial charge is 0.134 e. The summed E-state index contributed by atoms with van der Waals surface area (Å²) in [6.07, 6.45) is 0. The van der Waals surface area contributed by atoms with E-state index in [1.54, 1.807) is 0 Å². The van der Waals surface area contributed by atoms with Crippen LogP contribution in [0, 0.1) is 17.7 Å². The van der Waals surface area contributed by atoms with Crippen molar-refractivity contribution in [3.63, 3.8) is 0 Å². The van der Waals surface area contributed by atoms with Crippen LogP contribution in [-0.4, -0.2) is 7.11 Å². The van der Waals surface area contributed by atoms with E-state index in [1.165, 1.54) is 19.2 Å². The van der Waals surface area contributed by atoms with Crippen molar-refractivity contribution in [2.45, 2.75) is 6.61 Å². The summed E-state index contributed by atoms with van der Waals surface area (Å²) in [4.78, 5) is 0. The molecule has 0 aliphatic heterocycles. The Bertz CT molecular complexity index is 228. The zero-order chi connectivity index (χ0) is 8.27. The molecule has 0 unspecified atom stereocenters. The van der Waals surface area contributed by atoms with Gasteiger partial charge in [0.25, 0.3) is 0 Å². The zero-order valence-electron chi connectivity index (χ0n) is 6.03. The van der Waals surface area contributed by atoms with Crippen LogP contribution >= 0.6 is 0 Å². The minimum Gasteiger partial charge on any atom is -0.380 e. The number of hydrogen-bond donors (Lipinski definition) is 0. The lowest BCUT2D eigenvalue weighted by Crippen LogP contribution is -1.90. The van der Waals surface area contributed by atoms with Crippen LogP contribution in [0.25, 0.3) is 0 Å². The number of hydrogen-bond acceptors (Lipinski definition) is 1. The van der Waals surface area contributed by atoms with Crippen LogP contribution < -0.4 is 0 Å². The molecule has 0 saturated heterocycles. The fourth-order valence-electron chi connectivity index (χ4n) is 0.803. The first-order valence-corrected chi connectivity index (χ1v) is 3.08. The Morgan fingerprint density at radius 3 is 2.36 bits per heavy atom. The molecule has 0 heterocycles. The van der Waals surface area contributed by atoms with Crippen molar-refractivity contribution >= 4 is 0 Å². The molecule has 0 spiro atoms. The maximum absolute atomic E-state index is 12.4. The highest BCUT2D eigenvalue weighted by molar-refractivity contribution is 5.15. The lowest BCUT2D eigenvalue weighted by molar-refractivity contribution is 0.184. The second kappa shape index (κ2) is 3.44. The van der Waals surface area contributed by atoms with Gasteiger partial charge in [-0.25, -0.2) is 8.78 Å². The first-order valence-electron chi connectivity index (χ1n) is 3.08. The second-order valence-corrected chi connectivity index (χ2v) is 2.12. The molecule has 11 heavy (non-hydrogen) atoms. The van der Waals surface area contributed by atoms with Gasteiger partial charge in [0.2, 0.25) is 0 Å². The zero-order valence-corrected chi connectivity index (χ0v) is 6.03. The summed E-state index contributed by atoms with van der Waals surface area (Å²) in [6.45, 7) is 0.211. The van der Waals surface area contributed by atoms with Gasteiger partial charge < -0.3 is 4.74 Å². The molecule has 0 atom stereocenters. The lowest BCUT2D eigenvalue weighted by Gasteiger charge is -1.98. The van der Waals surface area contributed by atoms with Crippen molar-refractivity contribution in [3.05, 3.63) is 35.4 Å². The Morgan fingerprint density at radius 2 is 1.91 bits per heavy atom. The molecule has 1 radical (unpaired) electrons. The Labute approximate surface area is 63.6 Å². The quantitative estimate of drug-likeness (QED) is 0.637. The van der Waals surface area contributed by atoms with E-state index in [0.717, 1.165) is 0 Å². The Balaban J connectivity index is 2.89. The summed E-state index contributed by atoms with van der Waals surface area (Å²) in [6, 6.07) is 4.25. The summed E-state index contributed by atoms with van der Waals surface area (Å²) in [7, 11) is 1.46. The molecular weight excluding hydrogens is 150 g/mol. The third kappa shape index (κ3) is 2.27. The molecular formula is C8H7F2O. The van der Waals surface area contributed by atoms with E-state index in [9.17, 15) is 8.78 Å². The number of methoxy groups -OCH3 is 1. The predicted octanol–water partition coefficient (Wildman–Crippen LogP) is 1.91. The SMILES string of the molecule is COCc1cc(F)[c]c(F)c1. The molecule has 1 aromatic carbocycles. The van der Waals surface area contributed by atoms with E-state index in [4.69, 9.17) is 4.74 Å². The maximum Gasteiger partial charge on any atom is 0.134 e. The van der Waals surface area contributed by atoms with E-state index in [2.05, 4.69) is 0 Å². The minimum atomic E-state index is -0.697. The molecule has 0 aliphatic rings. The molecule has 1 nitrogen and oxygen atoms in total. The molecule has 59 valence electrons. The van der Waals surface area contributed by atoms with Gasteiger partial charge in [0, 0.05) is 7.11 Å². The number of ether oxygens (including phenoxy) is 1. The molecule has 0 aromatic heterocycles. The third-order valence-electron chi connectivity index (χ3n) is 1.17. The number of halogens is 2. The minimum absolute atomic E-state index is 0.211. The average molecular weight is 157 g/mol. The second-order valence-electron chi connectivity index (χ2n) is 2.12. The summed E-state index contributed by atoms with van der Waals surface area (Å²) in [5.41, 5.74) is 0.473. The van der Waals surface area contributed by atoms with Crippen molar-refractivity contribution < 1.29 is 13.5 Å². The fraction of sp³-hybridized carbons (Fsp3) is 0.250. The van der Waals surface area contributed by atoms with Crippen LogP contribution in [0.3, 0.4) is 0 Å². The van der Waals surface area contributed by atoms with Crippen molar-refractivity contribution in [3.8, 4) is 0 Å². The highest BCUT2D eigenvalue weighted by atomic mass is 19.1. The molecule has 0 bridgehead atoms. The monoisotopic (exact) mass is 157 g/mol. The van der Waals surface area contributed by atoms with Gasteiger partial charge in [-0.1, -0.05) is 0 Å². The molecule has 1 aromatic rings. The first kappa shape index (κ1) is 8.14. The summed E-state index contributed by atoms with van der Waals surface area (Å²) in [5, 5.41) is 0. The highest BCUT2D eigenvalue weighted by Crippen LogP contribution is 2.07. The average Bonchev–Trinajstić information content (AvgIpc) is 1.85. The van der Waals surface area contributed by atoms with E-state index >= 15 is 0 Å². The first-order chi connectivity index (χ1) is 5.22. The highest BCUT2D eigenvalue weighted by Gasteiger charge is 1.99. The predicted molar refractivity (Wildman–Crippen MR) is 35.9 cm³/mol. The fourth-order valence-corrected chi connectivity index (χ4v) is 0.803. The third-order valence-corrected chi connectivity index (χ3v) is 1.17. The van der Waals surface area contributed by atoms with Crippen LogP contribution in [0.2, 0.25) is 0 Å². The van der Waals surface area contributed by atoms with Crippen molar-refractivity contribution in [2.75, 3.05) is 7.11 Å². The molecule has 0 amide bonds. The van der Waals surface area contributed by atoms with Gasteiger partial charge in [0.15, 0.2) is 0 Å². The Hall–Kier alpha value is -0.960. The van der Waals surface area contributed by atoms with Gasteiger partial charge in [-0.2, -0.15) is 0 Å². The Morgan fingerprint density at radius 1 is 1.36 bits per heavy atom. The largest absolute Gasteiger partial charge is 0.380 e. The van der Waals surface area contributed by atoms with E-state index in [1.807, 2.05) is 6.07 Å². The van der Waals surface area contributed by atoms with Crippen molar-refractivity contribution in [2.24, 2.45) is 0 Å².